The lowest BCUT2D eigenvalue weighted by Crippen LogP contribution is -2.11. The number of nitrogens with zero attached hydrogens (tertiary/aromatic N) is 1. The van der Waals surface area contributed by atoms with Gasteiger partial charge in [0.1, 0.15) is 0 Å². The third-order valence-corrected chi connectivity index (χ3v) is 12.8. The number of para-hydroxylation sites is 1. The van der Waals surface area contributed by atoms with Crippen molar-refractivity contribution in [1.82, 2.24) is 0 Å². The summed E-state index contributed by atoms with van der Waals surface area (Å²) in [5.74, 6) is 0.591. The number of anilines is 3. The Labute approximate surface area is 346 Å². The third kappa shape index (κ3) is 6.35. The molecule has 1 aliphatic carbocycles. The lowest BCUT2D eigenvalue weighted by atomic mass is 9.80. The molecule has 1 fully saturated rings. The summed E-state index contributed by atoms with van der Waals surface area (Å²) in [7, 11) is 0. The van der Waals surface area contributed by atoms with Crippen LogP contribution in [0.25, 0.3) is 76.5 Å². The van der Waals surface area contributed by atoms with E-state index in [1.54, 1.807) is 0 Å². The van der Waals surface area contributed by atoms with Crippen molar-refractivity contribution >= 4 is 60.2 Å². The van der Waals surface area contributed by atoms with Gasteiger partial charge in [-0.1, -0.05) is 195 Å². The Morgan fingerprint density at radius 2 is 0.932 bits per heavy atom. The molecular weight excluding hydrogens is 711 g/mol. The number of fused-ring (bicyclic) bond motifs is 5. The quantitative estimate of drug-likeness (QED) is 0.146. The fourth-order valence-corrected chi connectivity index (χ4v) is 10.0. The van der Waals surface area contributed by atoms with Crippen molar-refractivity contribution < 1.29 is 0 Å². The molecule has 11 rings (SSSR count). The second-order valence-electron chi connectivity index (χ2n) is 16.2. The minimum absolute atomic E-state index is 0.591. The first-order valence-electron chi connectivity index (χ1n) is 21.3. The molecule has 0 N–H and O–H groups in total. The molecule has 59 heavy (non-hydrogen) atoms. The largest absolute Gasteiger partial charge is 0.310 e. The standard InChI is InChI=1S/C58H45N/c1-2-15-41(16-3-1)52-29-12-20-44-21-13-31-56(58(44)52)55-26-8-9-32-57(55)59(46-36-33-43(34-37-46)49-27-11-19-40-17-4-6-24-48(40)49)47-23-10-22-45(39-47)51-28-14-30-53-50-25-7-5-18-42(50)35-38-54(51)53/h4-14,17-39,41H,1-3,15-16H2. The molecule has 282 valence electrons. The van der Waals surface area contributed by atoms with Crippen molar-refractivity contribution in [1.29, 1.82) is 0 Å². The van der Waals surface area contributed by atoms with Gasteiger partial charge in [-0.25, -0.2) is 0 Å². The van der Waals surface area contributed by atoms with Gasteiger partial charge in [0, 0.05) is 16.9 Å². The highest BCUT2D eigenvalue weighted by molar-refractivity contribution is 6.12. The summed E-state index contributed by atoms with van der Waals surface area (Å²) in [6, 6.07) is 76.6. The number of benzene rings is 10. The number of hydrogen-bond donors (Lipinski definition) is 0. The fourth-order valence-electron chi connectivity index (χ4n) is 10.0. The Morgan fingerprint density at radius 3 is 1.76 bits per heavy atom. The first-order chi connectivity index (χ1) is 29.3. The van der Waals surface area contributed by atoms with Gasteiger partial charge in [-0.3, -0.25) is 0 Å². The minimum Gasteiger partial charge on any atom is -0.310 e. The third-order valence-electron chi connectivity index (χ3n) is 12.8. The lowest BCUT2D eigenvalue weighted by molar-refractivity contribution is 0.445. The van der Waals surface area contributed by atoms with E-state index in [0.29, 0.717) is 5.92 Å². The molecule has 1 nitrogen and oxygen atoms in total. The first kappa shape index (κ1) is 35.2. The molecule has 0 atom stereocenters. The SMILES string of the molecule is c1cc(-c2cccc3c2ccc2ccccc23)cc(N(c2ccc(-c3cccc4ccccc34)cc2)c2ccccc2-c2cccc3cccc(C4CCCCC4)c23)c1. The predicted molar refractivity (Wildman–Crippen MR) is 253 cm³/mol. The summed E-state index contributed by atoms with van der Waals surface area (Å²) in [6.45, 7) is 0. The summed E-state index contributed by atoms with van der Waals surface area (Å²) in [4.78, 5) is 2.48. The summed E-state index contributed by atoms with van der Waals surface area (Å²) >= 11 is 0. The summed E-state index contributed by atoms with van der Waals surface area (Å²) in [6.07, 6.45) is 6.50. The zero-order chi connectivity index (χ0) is 39.1. The molecule has 0 spiro atoms. The monoisotopic (exact) mass is 755 g/mol. The molecule has 0 unspecified atom stereocenters. The maximum Gasteiger partial charge on any atom is 0.0540 e. The van der Waals surface area contributed by atoms with E-state index in [0.717, 1.165) is 17.1 Å². The Hall–Kier alpha value is -6.96. The maximum absolute atomic E-state index is 2.48. The summed E-state index contributed by atoms with van der Waals surface area (Å²) in [5, 5.41) is 10.3. The Bertz CT molecular complexity index is 3140. The van der Waals surface area contributed by atoms with Crippen LogP contribution >= 0.6 is 0 Å². The van der Waals surface area contributed by atoms with Crippen molar-refractivity contribution in [3.8, 4) is 33.4 Å². The van der Waals surface area contributed by atoms with Crippen LogP contribution in [0.1, 0.15) is 43.6 Å². The molecule has 10 aromatic rings. The molecule has 0 aliphatic heterocycles. The molecule has 10 aromatic carbocycles. The normalized spacial score (nSPS) is 13.4. The van der Waals surface area contributed by atoms with Crippen molar-refractivity contribution in [3.05, 3.63) is 212 Å². The van der Waals surface area contributed by atoms with Crippen LogP contribution in [0.4, 0.5) is 17.1 Å². The highest BCUT2D eigenvalue weighted by Crippen LogP contribution is 2.47. The van der Waals surface area contributed by atoms with Gasteiger partial charge in [0.15, 0.2) is 0 Å². The van der Waals surface area contributed by atoms with Crippen LogP contribution in [0.5, 0.6) is 0 Å². The van der Waals surface area contributed by atoms with Gasteiger partial charge < -0.3 is 4.90 Å². The predicted octanol–water partition coefficient (Wildman–Crippen LogP) is 16.8. The first-order valence-corrected chi connectivity index (χ1v) is 21.3. The minimum atomic E-state index is 0.591. The van der Waals surface area contributed by atoms with E-state index in [1.165, 1.54) is 114 Å². The zero-order valence-corrected chi connectivity index (χ0v) is 33.2. The van der Waals surface area contributed by atoms with Gasteiger partial charge in [0.25, 0.3) is 0 Å². The zero-order valence-electron chi connectivity index (χ0n) is 33.2. The van der Waals surface area contributed by atoms with Gasteiger partial charge in [0.2, 0.25) is 0 Å². The molecule has 1 heteroatoms. The fraction of sp³-hybridized carbons (Fsp3) is 0.103. The van der Waals surface area contributed by atoms with Crippen LogP contribution in [0.15, 0.2) is 206 Å². The molecular formula is C58H45N. The van der Waals surface area contributed by atoms with Gasteiger partial charge in [-0.15, -0.1) is 0 Å². The van der Waals surface area contributed by atoms with Crippen LogP contribution in [-0.2, 0) is 0 Å². The summed E-state index contributed by atoms with van der Waals surface area (Å²) < 4.78 is 0. The van der Waals surface area contributed by atoms with E-state index in [9.17, 15) is 0 Å². The average molecular weight is 756 g/mol. The van der Waals surface area contributed by atoms with Crippen LogP contribution in [0.2, 0.25) is 0 Å². The van der Waals surface area contributed by atoms with Gasteiger partial charge in [-0.05, 0) is 126 Å². The van der Waals surface area contributed by atoms with Gasteiger partial charge in [0.05, 0.1) is 5.69 Å². The van der Waals surface area contributed by atoms with Crippen LogP contribution in [0, 0.1) is 0 Å². The van der Waals surface area contributed by atoms with Crippen molar-refractivity contribution in [3.63, 3.8) is 0 Å². The Morgan fingerprint density at radius 1 is 0.339 bits per heavy atom. The van der Waals surface area contributed by atoms with E-state index in [-0.39, 0.29) is 0 Å². The van der Waals surface area contributed by atoms with Crippen LogP contribution in [0.3, 0.4) is 0 Å². The maximum atomic E-state index is 2.48. The van der Waals surface area contributed by atoms with Crippen molar-refractivity contribution in [2.75, 3.05) is 4.90 Å². The molecule has 0 aromatic heterocycles. The van der Waals surface area contributed by atoms with E-state index in [2.05, 4.69) is 211 Å². The number of rotatable bonds is 7. The smallest absolute Gasteiger partial charge is 0.0540 e. The Balaban J connectivity index is 1.11. The topological polar surface area (TPSA) is 3.24 Å². The van der Waals surface area contributed by atoms with E-state index in [4.69, 9.17) is 0 Å². The highest BCUT2D eigenvalue weighted by Gasteiger charge is 2.23. The second kappa shape index (κ2) is 15.1. The molecule has 0 amide bonds. The van der Waals surface area contributed by atoms with Gasteiger partial charge in [-0.2, -0.15) is 0 Å². The van der Waals surface area contributed by atoms with Crippen LogP contribution in [-0.4, -0.2) is 0 Å². The van der Waals surface area contributed by atoms with Gasteiger partial charge >= 0.3 is 0 Å². The Kier molecular flexibility index (Phi) is 9.01. The average Bonchev–Trinajstić information content (AvgIpc) is 3.31. The molecule has 0 saturated heterocycles. The lowest BCUT2D eigenvalue weighted by Gasteiger charge is -2.29. The van der Waals surface area contributed by atoms with Crippen LogP contribution < -0.4 is 4.90 Å². The molecule has 1 aliphatic rings. The van der Waals surface area contributed by atoms with E-state index in [1.807, 2.05) is 0 Å². The molecule has 0 bridgehead atoms. The van der Waals surface area contributed by atoms with E-state index < -0.39 is 0 Å². The molecule has 1 saturated carbocycles. The van der Waals surface area contributed by atoms with Crippen molar-refractivity contribution in [2.45, 2.75) is 38.0 Å². The number of hydrogen-bond acceptors (Lipinski definition) is 1. The molecule has 0 radical (unpaired) electrons. The van der Waals surface area contributed by atoms with Crippen molar-refractivity contribution in [2.24, 2.45) is 0 Å². The molecule has 0 heterocycles. The highest BCUT2D eigenvalue weighted by atomic mass is 15.1. The second-order valence-corrected chi connectivity index (χ2v) is 16.2. The summed E-state index contributed by atoms with van der Waals surface area (Å²) in [5.41, 5.74) is 12.3. The van der Waals surface area contributed by atoms with E-state index >= 15 is 0 Å².